The van der Waals surface area contributed by atoms with E-state index in [1.54, 1.807) is 29.2 Å². The number of anilines is 1. The van der Waals surface area contributed by atoms with Crippen LogP contribution in [0.2, 0.25) is 0 Å². The smallest absolute Gasteiger partial charge is 0.243 e. The van der Waals surface area contributed by atoms with Crippen LogP contribution in [0, 0.1) is 5.92 Å². The number of carbonyl (C=O) groups excluding carboxylic acids is 2. The summed E-state index contributed by atoms with van der Waals surface area (Å²) < 4.78 is 25.3. The van der Waals surface area contributed by atoms with Crippen LogP contribution in [0.4, 0.5) is 5.69 Å². The highest BCUT2D eigenvalue weighted by Gasteiger charge is 2.26. The fraction of sp³-hybridized carbons (Fsp3) is 0.529. The molecule has 0 bridgehead atoms. The molecule has 1 aliphatic rings. The summed E-state index contributed by atoms with van der Waals surface area (Å²) in [5, 5.41) is 0. The predicted octanol–water partition coefficient (Wildman–Crippen LogP) is 1.91. The van der Waals surface area contributed by atoms with E-state index in [-0.39, 0.29) is 18.2 Å². The van der Waals surface area contributed by atoms with E-state index in [4.69, 9.17) is 0 Å². The van der Waals surface area contributed by atoms with Gasteiger partial charge in [0.2, 0.25) is 15.9 Å². The fourth-order valence-electron chi connectivity index (χ4n) is 2.74. The van der Waals surface area contributed by atoms with Gasteiger partial charge in [-0.1, -0.05) is 6.92 Å². The van der Waals surface area contributed by atoms with Gasteiger partial charge in [-0.3, -0.25) is 13.9 Å². The number of likely N-dealkylation sites (tertiary alicyclic amines) is 1. The zero-order valence-corrected chi connectivity index (χ0v) is 15.2. The molecule has 1 saturated heterocycles. The monoisotopic (exact) mass is 352 g/mol. The van der Waals surface area contributed by atoms with E-state index in [1.165, 1.54) is 6.92 Å². The van der Waals surface area contributed by atoms with Crippen LogP contribution in [-0.2, 0) is 14.8 Å². The van der Waals surface area contributed by atoms with Gasteiger partial charge in [0.25, 0.3) is 0 Å². The highest BCUT2D eigenvalue weighted by molar-refractivity contribution is 7.92. The second-order valence-corrected chi connectivity index (χ2v) is 8.34. The van der Waals surface area contributed by atoms with Crippen molar-refractivity contribution in [1.82, 2.24) is 4.90 Å². The molecule has 1 aliphatic heterocycles. The van der Waals surface area contributed by atoms with Gasteiger partial charge >= 0.3 is 0 Å². The minimum atomic E-state index is -3.59. The minimum Gasteiger partial charge on any atom is -0.341 e. The first-order valence-corrected chi connectivity index (χ1v) is 9.90. The van der Waals surface area contributed by atoms with Crippen molar-refractivity contribution in [3.05, 3.63) is 29.8 Å². The molecule has 0 spiro atoms. The van der Waals surface area contributed by atoms with Gasteiger partial charge in [-0.15, -0.1) is 0 Å². The topological polar surface area (TPSA) is 74.8 Å². The molecular weight excluding hydrogens is 328 g/mol. The molecule has 0 aliphatic carbocycles. The Morgan fingerprint density at radius 2 is 1.71 bits per heavy atom. The van der Waals surface area contributed by atoms with Gasteiger partial charge in [-0.25, -0.2) is 8.42 Å². The predicted molar refractivity (Wildman–Crippen MR) is 93.6 cm³/mol. The van der Waals surface area contributed by atoms with Crippen molar-refractivity contribution in [2.45, 2.75) is 26.7 Å². The third-order valence-electron chi connectivity index (χ3n) is 4.38. The van der Waals surface area contributed by atoms with Gasteiger partial charge in [0.15, 0.2) is 5.78 Å². The second kappa shape index (κ2) is 7.34. The van der Waals surface area contributed by atoms with E-state index in [0.29, 0.717) is 30.3 Å². The number of carbonyl (C=O) groups is 2. The summed E-state index contributed by atoms with van der Waals surface area (Å²) >= 11 is 0. The van der Waals surface area contributed by atoms with Crippen LogP contribution >= 0.6 is 0 Å². The van der Waals surface area contributed by atoms with Crippen LogP contribution in [0.5, 0.6) is 0 Å². The Morgan fingerprint density at radius 1 is 1.17 bits per heavy atom. The number of rotatable bonds is 5. The Bertz CT molecular complexity index is 705. The molecule has 1 heterocycles. The third-order valence-corrected chi connectivity index (χ3v) is 5.52. The molecule has 1 amide bonds. The molecule has 0 aromatic heterocycles. The molecule has 7 heteroatoms. The molecule has 1 aromatic carbocycles. The number of hydrogen-bond donors (Lipinski definition) is 0. The molecule has 132 valence electrons. The Balaban J connectivity index is 2.17. The van der Waals surface area contributed by atoms with E-state index in [0.717, 1.165) is 23.4 Å². The number of sulfonamides is 1. The summed E-state index contributed by atoms with van der Waals surface area (Å²) in [7, 11) is -3.59. The van der Waals surface area contributed by atoms with E-state index in [1.807, 2.05) is 0 Å². The zero-order chi connectivity index (χ0) is 17.9. The maximum Gasteiger partial charge on any atom is 0.243 e. The Kier molecular flexibility index (Phi) is 5.64. The first-order chi connectivity index (χ1) is 11.2. The van der Waals surface area contributed by atoms with Crippen LogP contribution in [-0.4, -0.2) is 50.9 Å². The average Bonchev–Trinajstić information content (AvgIpc) is 2.52. The number of nitrogens with zero attached hydrogens (tertiary/aromatic N) is 2. The highest BCUT2D eigenvalue weighted by atomic mass is 32.2. The number of benzene rings is 1. The van der Waals surface area contributed by atoms with E-state index >= 15 is 0 Å². The molecule has 0 N–H and O–H groups in total. The quantitative estimate of drug-likeness (QED) is 0.759. The fourth-order valence-corrected chi connectivity index (χ4v) is 3.59. The summed E-state index contributed by atoms with van der Waals surface area (Å²) in [5.41, 5.74) is 0.893. The van der Waals surface area contributed by atoms with Gasteiger partial charge in [0, 0.05) is 18.7 Å². The zero-order valence-electron chi connectivity index (χ0n) is 14.4. The number of hydrogen-bond acceptors (Lipinski definition) is 4. The van der Waals surface area contributed by atoms with Gasteiger partial charge in [-0.2, -0.15) is 0 Å². The van der Waals surface area contributed by atoms with Crippen molar-refractivity contribution in [2.75, 3.05) is 30.2 Å². The Morgan fingerprint density at radius 3 is 2.17 bits per heavy atom. The lowest BCUT2D eigenvalue weighted by Crippen LogP contribution is -2.45. The van der Waals surface area contributed by atoms with E-state index in [9.17, 15) is 18.0 Å². The van der Waals surface area contributed by atoms with Gasteiger partial charge in [-0.05, 0) is 49.9 Å². The largest absolute Gasteiger partial charge is 0.341 e. The van der Waals surface area contributed by atoms with Crippen molar-refractivity contribution < 1.29 is 18.0 Å². The molecule has 24 heavy (non-hydrogen) atoms. The molecule has 2 rings (SSSR count). The minimum absolute atomic E-state index is 0.0917. The van der Waals surface area contributed by atoms with Crippen molar-refractivity contribution >= 4 is 27.4 Å². The van der Waals surface area contributed by atoms with Crippen molar-refractivity contribution in [1.29, 1.82) is 0 Å². The lowest BCUT2D eigenvalue weighted by atomic mass is 9.99. The van der Waals surface area contributed by atoms with Crippen LogP contribution in [0.1, 0.15) is 37.0 Å². The first-order valence-electron chi connectivity index (χ1n) is 8.05. The first kappa shape index (κ1) is 18.4. The van der Waals surface area contributed by atoms with Crippen molar-refractivity contribution in [3.8, 4) is 0 Å². The second-order valence-electron chi connectivity index (χ2n) is 6.44. The molecule has 0 unspecified atom stereocenters. The summed E-state index contributed by atoms with van der Waals surface area (Å²) in [5.74, 6) is 0.313. The SMILES string of the molecule is CC(=O)c1ccc(N(CC(=O)N2CCC(C)CC2)S(C)(=O)=O)cc1. The van der Waals surface area contributed by atoms with E-state index in [2.05, 4.69) is 6.92 Å². The normalized spacial score (nSPS) is 16.0. The molecule has 0 radical (unpaired) electrons. The van der Waals surface area contributed by atoms with Crippen LogP contribution in [0.25, 0.3) is 0 Å². The standard InChI is InChI=1S/C17H24N2O4S/c1-13-8-10-18(11-9-13)17(21)12-19(24(3,22)23)16-6-4-15(5-7-16)14(2)20/h4-7,13H,8-12H2,1-3H3. The van der Waals surface area contributed by atoms with Gasteiger partial charge < -0.3 is 4.90 Å². The average molecular weight is 352 g/mol. The molecule has 1 fully saturated rings. The summed E-state index contributed by atoms with van der Waals surface area (Å²) in [6.45, 7) is 4.72. The Hall–Kier alpha value is -1.89. The molecule has 0 atom stereocenters. The lowest BCUT2D eigenvalue weighted by molar-refractivity contribution is -0.130. The maximum atomic E-state index is 12.5. The highest BCUT2D eigenvalue weighted by Crippen LogP contribution is 2.20. The third kappa shape index (κ3) is 4.56. The van der Waals surface area contributed by atoms with Gasteiger partial charge in [0.05, 0.1) is 11.9 Å². The summed E-state index contributed by atoms with van der Waals surface area (Å²) in [4.78, 5) is 25.5. The molecule has 1 aromatic rings. The number of Topliss-reactive ketones (excluding diaryl/α,β-unsaturated/α-hetero) is 1. The van der Waals surface area contributed by atoms with Crippen LogP contribution in [0.15, 0.2) is 24.3 Å². The summed E-state index contributed by atoms with van der Waals surface area (Å²) in [6, 6.07) is 6.26. The summed E-state index contributed by atoms with van der Waals surface area (Å²) in [6.07, 6.45) is 2.97. The number of amides is 1. The van der Waals surface area contributed by atoms with E-state index < -0.39 is 10.0 Å². The Labute approximate surface area is 143 Å². The van der Waals surface area contributed by atoms with Crippen molar-refractivity contribution in [2.24, 2.45) is 5.92 Å². The lowest BCUT2D eigenvalue weighted by Gasteiger charge is -2.32. The van der Waals surface area contributed by atoms with Crippen LogP contribution in [0.3, 0.4) is 0 Å². The van der Waals surface area contributed by atoms with Crippen LogP contribution < -0.4 is 4.31 Å². The number of piperidine rings is 1. The van der Waals surface area contributed by atoms with Gasteiger partial charge in [0.1, 0.15) is 6.54 Å². The molecule has 6 nitrogen and oxygen atoms in total. The molecular formula is C17H24N2O4S. The van der Waals surface area contributed by atoms with Crippen molar-refractivity contribution in [3.63, 3.8) is 0 Å². The maximum absolute atomic E-state index is 12.5. The molecule has 0 saturated carbocycles. The number of ketones is 1.